The molecule has 4 aliphatic rings. The van der Waals surface area contributed by atoms with E-state index < -0.39 is 111 Å². The first kappa shape index (κ1) is 41.0. The van der Waals surface area contributed by atoms with Gasteiger partial charge >= 0.3 is 47.8 Å². The molecule has 0 amide bonds. The Balaban J connectivity index is 1.72. The van der Waals surface area contributed by atoms with Crippen molar-refractivity contribution in [1.82, 2.24) is 0 Å². The Morgan fingerprint density at radius 2 is 0.771 bits per heavy atom. The van der Waals surface area contributed by atoms with E-state index in [0.29, 0.717) is 0 Å². The van der Waals surface area contributed by atoms with Gasteiger partial charge < -0.3 is 18.9 Å². The highest BCUT2D eigenvalue weighted by Gasteiger charge is 2.62. The van der Waals surface area contributed by atoms with Gasteiger partial charge in [-0.15, -0.1) is 25.4 Å². The molecule has 257 valence electrons. The minimum Gasteiger partial charge on any atom is -0.393 e. The second-order valence-electron chi connectivity index (χ2n) is 13.4. The number of hydrogen-bond donors (Lipinski definition) is 0. The van der Waals surface area contributed by atoms with Crippen LogP contribution in [0.25, 0.3) is 0 Å². The number of halogens is 3. The zero-order valence-electron chi connectivity index (χ0n) is 26.5. The molecule has 0 aromatic carbocycles. The number of ether oxygens (including phenoxy) is 4. The second kappa shape index (κ2) is 16.1. The Kier molecular flexibility index (Phi) is 13.7. The van der Waals surface area contributed by atoms with Crippen LogP contribution in [-0.4, -0.2) is 77.8 Å². The first-order valence-electron chi connectivity index (χ1n) is 15.0. The van der Waals surface area contributed by atoms with Crippen molar-refractivity contribution in [3.63, 3.8) is 0 Å². The van der Waals surface area contributed by atoms with Crippen molar-refractivity contribution in [3.05, 3.63) is 0 Å². The molecule has 0 aliphatic carbocycles. The monoisotopic (exact) mass is 1050 g/mol. The Morgan fingerprint density at radius 3 is 1.10 bits per heavy atom. The first-order chi connectivity index (χ1) is 22.4. The molecule has 0 spiro atoms. The van der Waals surface area contributed by atoms with Crippen LogP contribution in [0.2, 0.25) is 0 Å². The van der Waals surface area contributed by atoms with Crippen LogP contribution in [0.15, 0.2) is 0 Å². The molecule has 3 radical (unpaired) electrons. The third-order valence-electron chi connectivity index (χ3n) is 10.3. The summed E-state index contributed by atoms with van der Waals surface area (Å²) in [6.07, 6.45) is 0.103. The summed E-state index contributed by atoms with van der Waals surface area (Å²) in [5.41, 5.74) is 0. The van der Waals surface area contributed by atoms with Gasteiger partial charge in [0.1, 0.15) is 0 Å². The topological polar surface area (TPSA) is 173 Å². The summed E-state index contributed by atoms with van der Waals surface area (Å²) in [7, 11) is -0.0745. The smallest absolute Gasteiger partial charge is 0.318 e. The number of cyclic esters (lactones) is 8. The maximum Gasteiger partial charge on any atom is 0.318 e. The first-order valence-corrected chi connectivity index (χ1v) is 22.0. The van der Waals surface area contributed by atoms with Crippen LogP contribution in [0.1, 0.15) is 53.9 Å². The average Bonchev–Trinajstić information content (AvgIpc) is 3.60. The van der Waals surface area contributed by atoms with Gasteiger partial charge in [-0.25, -0.2) is 0 Å². The average molecular weight is 1050 g/mol. The number of carbonyl (C=O) groups is 8. The van der Waals surface area contributed by atoms with E-state index in [9.17, 15) is 38.4 Å². The molecule has 14 atom stereocenters. The molecule has 4 heterocycles. The van der Waals surface area contributed by atoms with Gasteiger partial charge in [0.25, 0.3) is 0 Å². The molecule has 0 bridgehead atoms. The maximum absolute atomic E-state index is 13.6. The molecule has 0 aromatic rings. The largest absolute Gasteiger partial charge is 0.393 e. The van der Waals surface area contributed by atoms with Crippen molar-refractivity contribution in [2.24, 2.45) is 47.3 Å². The molecule has 21 heteroatoms. The fourth-order valence-corrected chi connectivity index (χ4v) is 17.5. The molecule has 4 fully saturated rings. The molecule has 48 heavy (non-hydrogen) atoms. The van der Waals surface area contributed by atoms with E-state index in [1.165, 1.54) is 0 Å². The van der Waals surface area contributed by atoms with Gasteiger partial charge in [0.15, 0.2) is 0 Å². The predicted octanol–water partition coefficient (Wildman–Crippen LogP) is 3.68. The van der Waals surface area contributed by atoms with Gasteiger partial charge in [0, 0.05) is 0 Å². The minimum absolute atomic E-state index is 0.0165. The SMILES string of the molecule is CC1C(=O)OC(=O)C1CC(C)(P[B]I)C1C(=O)OC(=O)C1CC(C)(P[B]I)C1C(=O)OC(=O)C1CC(C)(P[B]I)C1C(=O)OC(=O)C1C. The van der Waals surface area contributed by atoms with Crippen molar-refractivity contribution >= 4 is 155 Å². The van der Waals surface area contributed by atoms with E-state index in [-0.39, 0.29) is 44.6 Å². The molecular formula is C27H32B3I3O12P3. The van der Waals surface area contributed by atoms with Crippen LogP contribution in [0.4, 0.5) is 0 Å². The lowest BCUT2D eigenvalue weighted by Gasteiger charge is -2.43. The highest BCUT2D eigenvalue weighted by molar-refractivity contribution is 14.1. The second-order valence-corrected chi connectivity index (χ2v) is 24.0. The Labute approximate surface area is 326 Å². The van der Waals surface area contributed by atoms with Crippen LogP contribution >= 0.6 is 92.5 Å². The van der Waals surface area contributed by atoms with E-state index in [4.69, 9.17) is 18.9 Å². The van der Waals surface area contributed by atoms with Crippen LogP contribution < -0.4 is 0 Å². The fourth-order valence-electron chi connectivity index (χ4n) is 7.76. The predicted molar refractivity (Wildman–Crippen MR) is 207 cm³/mol. The van der Waals surface area contributed by atoms with E-state index in [2.05, 4.69) is 22.4 Å². The van der Waals surface area contributed by atoms with Crippen LogP contribution in [0.3, 0.4) is 0 Å². The summed E-state index contributed by atoms with van der Waals surface area (Å²) < 4.78 is 20.3. The zero-order valence-corrected chi connectivity index (χ0v) is 36.0. The highest BCUT2D eigenvalue weighted by atomic mass is 127. The zero-order chi connectivity index (χ0) is 35.9. The molecule has 4 saturated heterocycles. The van der Waals surface area contributed by atoms with Crippen LogP contribution in [0.5, 0.6) is 0 Å². The number of esters is 8. The molecule has 4 aliphatic heterocycles. The molecule has 0 saturated carbocycles. The van der Waals surface area contributed by atoms with Crippen LogP contribution in [0, 0.1) is 47.3 Å². The van der Waals surface area contributed by atoms with Crippen LogP contribution in [-0.2, 0) is 57.3 Å². The van der Waals surface area contributed by atoms with Crippen molar-refractivity contribution in [3.8, 4) is 0 Å². The molecule has 0 aromatic heterocycles. The summed E-state index contributed by atoms with van der Waals surface area (Å²) >= 11 is 6.14. The summed E-state index contributed by atoms with van der Waals surface area (Å²) in [6, 6.07) is 0. The Hall–Kier alpha value is 0.235. The number of carbonyl (C=O) groups excluding carboxylic acids is 8. The van der Waals surface area contributed by atoms with Gasteiger partial charge in [-0.3, -0.25) is 38.4 Å². The van der Waals surface area contributed by atoms with E-state index >= 15 is 0 Å². The normalized spacial score (nSPS) is 34.9. The number of rotatable bonds is 15. The van der Waals surface area contributed by atoms with Gasteiger partial charge in [-0.1, -0.05) is 34.6 Å². The fraction of sp³-hybridized carbons (Fsp3) is 0.704. The summed E-state index contributed by atoms with van der Waals surface area (Å²) in [4.78, 5) is 110. The molecule has 4 rings (SSSR count). The molecule has 0 N–H and O–H groups in total. The molecular weight excluding hydrogens is 1020 g/mol. The standard InChI is InChI=1S/C27H32B3I3O12P3/c1-9-11(19(36)42-17(9)34)6-26(4,47-29-32)15-13(21(38)45-23(15)40)8-27(5,48-30-33)16-12(20(37)44-24(16)41)7-25(3,46-28-31)14-10(2)18(35)43-22(14)39/h9-16,46-48H,6-8H2,1-5H3. The lowest BCUT2D eigenvalue weighted by atomic mass is 9.69. The van der Waals surface area contributed by atoms with Gasteiger partial charge in [-0.2, -0.15) is 67.1 Å². The third kappa shape index (κ3) is 7.93. The summed E-state index contributed by atoms with van der Waals surface area (Å²) in [5, 5.41) is -2.99. The lowest BCUT2D eigenvalue weighted by Crippen LogP contribution is -2.47. The van der Waals surface area contributed by atoms with E-state index in [1.807, 2.05) is 59.3 Å². The van der Waals surface area contributed by atoms with Crippen molar-refractivity contribution in [2.45, 2.75) is 69.3 Å². The minimum atomic E-state index is -1.08. The van der Waals surface area contributed by atoms with Crippen molar-refractivity contribution < 1.29 is 57.3 Å². The van der Waals surface area contributed by atoms with E-state index in [0.717, 1.165) is 0 Å². The molecule has 12 nitrogen and oxygen atoms in total. The Bertz CT molecular complexity index is 1430. The van der Waals surface area contributed by atoms with E-state index in [1.54, 1.807) is 34.6 Å². The lowest BCUT2D eigenvalue weighted by molar-refractivity contribution is -0.156. The van der Waals surface area contributed by atoms with Gasteiger partial charge in [0.05, 0.1) is 47.3 Å². The third-order valence-corrected chi connectivity index (χ3v) is 16.9. The Morgan fingerprint density at radius 1 is 0.479 bits per heavy atom. The number of hydrogen-bond acceptors (Lipinski definition) is 12. The maximum atomic E-state index is 13.6. The highest BCUT2D eigenvalue weighted by Crippen LogP contribution is 2.58. The van der Waals surface area contributed by atoms with Crippen molar-refractivity contribution in [2.75, 3.05) is 0 Å². The summed E-state index contributed by atoms with van der Waals surface area (Å²) in [5.74, 6) is -12.9. The van der Waals surface area contributed by atoms with Gasteiger partial charge in [0.2, 0.25) is 14.6 Å². The summed E-state index contributed by atoms with van der Waals surface area (Å²) in [6.45, 7) is 8.57. The quantitative estimate of drug-likeness (QED) is 0.0583. The van der Waals surface area contributed by atoms with Crippen molar-refractivity contribution in [1.29, 1.82) is 0 Å². The molecule has 14 unspecified atom stereocenters. The van der Waals surface area contributed by atoms with Gasteiger partial charge in [-0.05, 0) is 34.7 Å².